The van der Waals surface area contributed by atoms with E-state index in [0.717, 1.165) is 24.7 Å². The lowest BCUT2D eigenvalue weighted by atomic mass is 10.0. The summed E-state index contributed by atoms with van der Waals surface area (Å²) in [7, 11) is -2.11. The topological polar surface area (TPSA) is 96.0 Å². The zero-order valence-electron chi connectivity index (χ0n) is 24.5. The maximum absolute atomic E-state index is 14.8. The highest BCUT2D eigenvalue weighted by Gasteiger charge is 2.31. The largest absolute Gasteiger partial charge is 0.497 e. The minimum atomic E-state index is -3.64. The molecule has 0 fully saturated rings. The number of amides is 2. The van der Waals surface area contributed by atoms with E-state index in [1.807, 2.05) is 37.3 Å². The Morgan fingerprint density at radius 3 is 2.24 bits per heavy atom. The van der Waals surface area contributed by atoms with Crippen LogP contribution >= 0.6 is 0 Å². The van der Waals surface area contributed by atoms with Crippen LogP contribution in [0, 0.1) is 5.82 Å². The van der Waals surface area contributed by atoms with Gasteiger partial charge >= 0.3 is 0 Å². The van der Waals surface area contributed by atoms with Crippen molar-refractivity contribution in [2.75, 3.05) is 30.8 Å². The third kappa shape index (κ3) is 9.58. The molecule has 0 saturated carbocycles. The molecule has 1 atom stereocenters. The van der Waals surface area contributed by atoms with Crippen LogP contribution in [0.15, 0.2) is 78.9 Å². The number of benzene rings is 3. The van der Waals surface area contributed by atoms with Crippen molar-refractivity contribution in [3.05, 3.63) is 95.8 Å². The van der Waals surface area contributed by atoms with Crippen LogP contribution in [0.3, 0.4) is 0 Å². The number of nitrogens with one attached hydrogen (secondary N) is 1. The van der Waals surface area contributed by atoms with Crippen LogP contribution in [-0.2, 0) is 32.6 Å². The molecule has 0 radical (unpaired) electrons. The van der Waals surface area contributed by atoms with E-state index in [1.54, 1.807) is 42.5 Å². The third-order valence-electron chi connectivity index (χ3n) is 6.91. The number of halogens is 1. The van der Waals surface area contributed by atoms with Crippen molar-refractivity contribution in [1.82, 2.24) is 10.2 Å². The lowest BCUT2D eigenvalue weighted by Crippen LogP contribution is -2.50. The standard InChI is InChI=1S/C32H40FN3O5S/c1-4-5-21-34-32(38)30(23-25-12-7-6-8-13-25)35(24-26-14-9-10-15-29(26)33)31(37)16-11-22-36(42(3,39)40)27-17-19-28(41-2)20-18-27/h6-10,12-15,17-20,30H,4-5,11,16,21-24H2,1-3H3,(H,34,38)/t30-/m0/s1. The summed E-state index contributed by atoms with van der Waals surface area (Å²) in [5.74, 6) is -0.559. The Balaban J connectivity index is 1.87. The van der Waals surface area contributed by atoms with Crippen molar-refractivity contribution in [3.63, 3.8) is 0 Å². The van der Waals surface area contributed by atoms with Gasteiger partial charge in [-0.05, 0) is 48.7 Å². The SMILES string of the molecule is CCCCNC(=O)[C@H](Cc1ccccc1)N(Cc1ccccc1F)C(=O)CCCN(c1ccc(OC)cc1)S(C)(=O)=O. The maximum atomic E-state index is 14.8. The third-order valence-corrected chi connectivity index (χ3v) is 8.11. The highest BCUT2D eigenvalue weighted by molar-refractivity contribution is 7.92. The number of ether oxygens (including phenoxy) is 1. The van der Waals surface area contributed by atoms with Gasteiger partial charge in [-0.3, -0.25) is 13.9 Å². The predicted octanol–water partition coefficient (Wildman–Crippen LogP) is 4.94. The molecular weight excluding hydrogens is 557 g/mol. The molecule has 42 heavy (non-hydrogen) atoms. The Kier molecular flexibility index (Phi) is 12.3. The van der Waals surface area contributed by atoms with Gasteiger partial charge in [0, 0.05) is 38.0 Å². The van der Waals surface area contributed by atoms with Crippen LogP contribution in [0.25, 0.3) is 0 Å². The lowest BCUT2D eigenvalue weighted by molar-refractivity contribution is -0.141. The fourth-order valence-corrected chi connectivity index (χ4v) is 5.59. The first-order valence-electron chi connectivity index (χ1n) is 14.1. The molecule has 0 saturated heterocycles. The summed E-state index contributed by atoms with van der Waals surface area (Å²) >= 11 is 0. The van der Waals surface area contributed by atoms with Gasteiger partial charge in [0.05, 0.1) is 19.1 Å². The first-order valence-corrected chi connectivity index (χ1v) is 15.9. The average molecular weight is 598 g/mol. The van der Waals surface area contributed by atoms with Crippen molar-refractivity contribution in [3.8, 4) is 5.75 Å². The van der Waals surface area contributed by atoms with Gasteiger partial charge in [0.1, 0.15) is 17.6 Å². The second-order valence-electron chi connectivity index (χ2n) is 10.1. The summed E-state index contributed by atoms with van der Waals surface area (Å²) in [6, 6.07) is 21.3. The van der Waals surface area contributed by atoms with Crippen molar-refractivity contribution in [1.29, 1.82) is 0 Å². The van der Waals surface area contributed by atoms with E-state index in [2.05, 4.69) is 5.32 Å². The number of carbonyl (C=O) groups excluding carboxylic acids is 2. The van der Waals surface area contributed by atoms with Gasteiger partial charge in [-0.15, -0.1) is 0 Å². The van der Waals surface area contributed by atoms with Crippen molar-refractivity contribution in [2.45, 2.75) is 51.6 Å². The molecule has 8 nitrogen and oxygen atoms in total. The molecular formula is C32H40FN3O5S. The number of unbranched alkanes of at least 4 members (excludes halogenated alkanes) is 1. The molecule has 0 aromatic heterocycles. The van der Waals surface area contributed by atoms with Crippen LogP contribution in [0.1, 0.15) is 43.7 Å². The lowest BCUT2D eigenvalue weighted by Gasteiger charge is -2.32. The Hall–Kier alpha value is -3.92. The predicted molar refractivity (Wildman–Crippen MR) is 163 cm³/mol. The number of methoxy groups -OCH3 is 1. The van der Waals surface area contributed by atoms with Crippen LogP contribution in [0.4, 0.5) is 10.1 Å². The Bertz CT molecular complexity index is 1400. The monoisotopic (exact) mass is 597 g/mol. The smallest absolute Gasteiger partial charge is 0.243 e. The summed E-state index contributed by atoms with van der Waals surface area (Å²) in [5, 5.41) is 2.94. The van der Waals surface area contributed by atoms with E-state index in [4.69, 9.17) is 4.74 Å². The number of rotatable bonds is 16. The van der Waals surface area contributed by atoms with Crippen molar-refractivity contribution in [2.24, 2.45) is 0 Å². The Morgan fingerprint density at radius 1 is 0.952 bits per heavy atom. The molecule has 10 heteroatoms. The minimum Gasteiger partial charge on any atom is -0.497 e. The first-order chi connectivity index (χ1) is 20.1. The molecule has 0 aliphatic rings. The molecule has 0 bridgehead atoms. The number of anilines is 1. The summed E-state index contributed by atoms with van der Waals surface area (Å²) in [4.78, 5) is 28.7. The Morgan fingerprint density at radius 2 is 1.62 bits per heavy atom. The van der Waals surface area contributed by atoms with Gasteiger partial charge in [0.15, 0.2) is 0 Å². The van der Waals surface area contributed by atoms with Crippen LogP contribution in [0.5, 0.6) is 5.75 Å². The van der Waals surface area contributed by atoms with Crippen LogP contribution < -0.4 is 14.4 Å². The maximum Gasteiger partial charge on any atom is 0.243 e. The van der Waals surface area contributed by atoms with E-state index in [1.165, 1.54) is 22.4 Å². The highest BCUT2D eigenvalue weighted by atomic mass is 32.2. The Labute approximate surface area is 248 Å². The van der Waals surface area contributed by atoms with Gasteiger partial charge in [0.2, 0.25) is 21.8 Å². The van der Waals surface area contributed by atoms with Gasteiger partial charge in [-0.25, -0.2) is 12.8 Å². The number of carbonyl (C=O) groups is 2. The summed E-state index contributed by atoms with van der Waals surface area (Å²) in [6.07, 6.45) is 3.20. The van der Waals surface area contributed by atoms with Gasteiger partial charge in [-0.1, -0.05) is 61.9 Å². The number of hydrogen-bond acceptors (Lipinski definition) is 5. The molecule has 3 aromatic carbocycles. The quantitative estimate of drug-likeness (QED) is 0.236. The number of sulfonamides is 1. The summed E-state index contributed by atoms with van der Waals surface area (Å²) in [5.41, 5.74) is 1.61. The molecule has 3 aromatic rings. The molecule has 0 aliphatic heterocycles. The van der Waals surface area contributed by atoms with Gasteiger partial charge in [0.25, 0.3) is 0 Å². The van der Waals surface area contributed by atoms with Gasteiger partial charge < -0.3 is 15.0 Å². The van der Waals surface area contributed by atoms with E-state index in [-0.39, 0.29) is 44.2 Å². The van der Waals surface area contributed by atoms with Crippen molar-refractivity contribution < 1.29 is 27.1 Å². The normalized spacial score (nSPS) is 11.9. The second kappa shape index (κ2) is 15.9. The molecule has 1 N–H and O–H groups in total. The van der Waals surface area contributed by atoms with Crippen LogP contribution in [0.2, 0.25) is 0 Å². The molecule has 226 valence electrons. The average Bonchev–Trinajstić information content (AvgIpc) is 2.98. The van der Waals surface area contributed by atoms with E-state index in [0.29, 0.717) is 23.5 Å². The van der Waals surface area contributed by atoms with E-state index in [9.17, 15) is 22.4 Å². The molecule has 0 aliphatic carbocycles. The fourth-order valence-electron chi connectivity index (χ4n) is 4.62. The molecule has 3 rings (SSSR count). The molecule has 0 spiro atoms. The van der Waals surface area contributed by atoms with Crippen LogP contribution in [-0.4, -0.2) is 57.6 Å². The molecule has 0 unspecified atom stereocenters. The number of nitrogens with zero attached hydrogens (tertiary/aromatic N) is 2. The van der Waals surface area contributed by atoms with Crippen molar-refractivity contribution >= 4 is 27.5 Å². The minimum absolute atomic E-state index is 0.0375. The van der Waals surface area contributed by atoms with E-state index < -0.39 is 21.9 Å². The molecule has 2 amide bonds. The molecule has 0 heterocycles. The zero-order chi connectivity index (χ0) is 30.5. The summed E-state index contributed by atoms with van der Waals surface area (Å²) < 4.78 is 46.4. The summed E-state index contributed by atoms with van der Waals surface area (Å²) in [6.45, 7) is 2.44. The highest BCUT2D eigenvalue weighted by Crippen LogP contribution is 2.23. The van der Waals surface area contributed by atoms with E-state index >= 15 is 0 Å². The second-order valence-corrected chi connectivity index (χ2v) is 12.0. The fraction of sp³-hybridized carbons (Fsp3) is 0.375. The zero-order valence-corrected chi connectivity index (χ0v) is 25.3. The number of hydrogen-bond donors (Lipinski definition) is 1. The van der Waals surface area contributed by atoms with Gasteiger partial charge in [-0.2, -0.15) is 0 Å². The first kappa shape index (κ1) is 32.6.